The van der Waals surface area contributed by atoms with Gasteiger partial charge >= 0.3 is 0 Å². The Morgan fingerprint density at radius 3 is 2.12 bits per heavy atom. The van der Waals surface area contributed by atoms with Gasteiger partial charge in [0.05, 0.1) is 0 Å². The maximum atomic E-state index is 11.1. The molecule has 0 spiro atoms. The van der Waals surface area contributed by atoms with E-state index in [1.807, 2.05) is 0 Å². The van der Waals surface area contributed by atoms with E-state index in [9.17, 15) is 16.8 Å². The summed E-state index contributed by atoms with van der Waals surface area (Å²) < 4.78 is 62.1. The van der Waals surface area contributed by atoms with Crippen molar-refractivity contribution in [2.75, 3.05) is 0 Å². The highest BCUT2D eigenvalue weighted by atomic mass is 32.2. The predicted octanol–water partition coefficient (Wildman–Crippen LogP) is 0.243. The fraction of sp³-hybridized carbons (Fsp3) is 0.556. The number of hydrogen-bond acceptors (Lipinski definition) is 4. The Balaban J connectivity index is 3.21. The molecular formula is C9H12O6S2. The van der Waals surface area contributed by atoms with Gasteiger partial charge in [0.2, 0.25) is 0 Å². The van der Waals surface area contributed by atoms with Gasteiger partial charge in [-0.15, -0.1) is 5.92 Å². The lowest BCUT2D eigenvalue weighted by Gasteiger charge is -2.25. The van der Waals surface area contributed by atoms with Crippen LogP contribution in [0.5, 0.6) is 0 Å². The van der Waals surface area contributed by atoms with Crippen LogP contribution in [0.15, 0.2) is 11.6 Å². The van der Waals surface area contributed by atoms with Gasteiger partial charge in [-0.05, 0) is 18.9 Å². The molecule has 0 heterocycles. The second-order valence-corrected chi connectivity index (χ2v) is 6.92. The Bertz CT molecular complexity index is 587. The van der Waals surface area contributed by atoms with Crippen LogP contribution < -0.4 is 0 Å². The molecule has 1 aliphatic carbocycles. The Hall–Kier alpha value is -0.880. The molecule has 0 saturated heterocycles. The first-order chi connectivity index (χ1) is 7.66. The van der Waals surface area contributed by atoms with E-state index in [-0.39, 0.29) is 12.8 Å². The second-order valence-electron chi connectivity index (χ2n) is 3.65. The molecule has 96 valence electrons. The molecule has 0 bridgehead atoms. The van der Waals surface area contributed by atoms with Crippen LogP contribution in [0.2, 0.25) is 0 Å². The molecular weight excluding hydrogens is 268 g/mol. The lowest BCUT2D eigenvalue weighted by Crippen LogP contribution is -2.41. The van der Waals surface area contributed by atoms with Gasteiger partial charge in [-0.2, -0.15) is 16.8 Å². The quantitative estimate of drug-likeness (QED) is 0.554. The van der Waals surface area contributed by atoms with E-state index in [1.54, 1.807) is 6.92 Å². The number of rotatable bonds is 2. The molecule has 0 amide bonds. The lowest BCUT2D eigenvalue weighted by molar-refractivity contribution is 0.433. The second kappa shape index (κ2) is 4.78. The van der Waals surface area contributed by atoms with Crippen molar-refractivity contribution in [3.05, 3.63) is 11.6 Å². The van der Waals surface area contributed by atoms with Crippen LogP contribution in [-0.2, 0) is 20.2 Å². The van der Waals surface area contributed by atoms with E-state index < -0.39 is 30.7 Å². The first-order valence-corrected chi connectivity index (χ1v) is 7.71. The molecule has 0 saturated carbocycles. The Kier molecular flexibility index (Phi) is 3.99. The fourth-order valence-electron chi connectivity index (χ4n) is 1.71. The average molecular weight is 280 g/mol. The molecule has 1 aliphatic rings. The average Bonchev–Trinajstić information content (AvgIpc) is 2.15. The van der Waals surface area contributed by atoms with E-state index in [2.05, 4.69) is 11.8 Å². The molecule has 0 aromatic carbocycles. The highest BCUT2D eigenvalue weighted by molar-refractivity contribution is 7.90. The molecule has 0 unspecified atom stereocenters. The van der Waals surface area contributed by atoms with Gasteiger partial charge in [0.15, 0.2) is 0 Å². The highest BCUT2D eigenvalue weighted by Crippen LogP contribution is 2.28. The van der Waals surface area contributed by atoms with Crippen molar-refractivity contribution in [1.29, 1.82) is 0 Å². The van der Waals surface area contributed by atoms with Gasteiger partial charge in [-0.25, -0.2) is 0 Å². The summed E-state index contributed by atoms with van der Waals surface area (Å²) >= 11 is 0. The summed E-state index contributed by atoms with van der Waals surface area (Å²) in [6.45, 7) is 1.55. The van der Waals surface area contributed by atoms with Gasteiger partial charge in [0, 0.05) is 6.42 Å². The summed E-state index contributed by atoms with van der Waals surface area (Å²) in [5.41, 5.74) is 0.440. The third-order valence-corrected chi connectivity index (χ3v) is 5.20. The van der Waals surface area contributed by atoms with Crippen LogP contribution in [0.1, 0.15) is 19.8 Å². The van der Waals surface area contributed by atoms with E-state index in [4.69, 9.17) is 9.11 Å². The zero-order valence-corrected chi connectivity index (χ0v) is 10.6. The van der Waals surface area contributed by atoms with Gasteiger partial charge in [0.25, 0.3) is 20.2 Å². The normalized spacial score (nSPS) is 25.7. The van der Waals surface area contributed by atoms with Gasteiger partial charge in [-0.3, -0.25) is 9.11 Å². The minimum absolute atomic E-state index is 0.187. The van der Waals surface area contributed by atoms with Crippen LogP contribution in [0.3, 0.4) is 0 Å². The van der Waals surface area contributed by atoms with E-state index in [1.165, 1.54) is 6.08 Å². The molecule has 0 aromatic rings. The lowest BCUT2D eigenvalue weighted by atomic mass is 9.99. The third-order valence-electron chi connectivity index (χ3n) is 2.48. The first kappa shape index (κ1) is 14.2. The van der Waals surface area contributed by atoms with Crippen molar-refractivity contribution in [3.8, 4) is 11.8 Å². The Labute approximate surface area is 100 Å². The van der Waals surface area contributed by atoms with Crippen molar-refractivity contribution >= 4 is 20.2 Å². The molecule has 17 heavy (non-hydrogen) atoms. The van der Waals surface area contributed by atoms with Crippen molar-refractivity contribution in [3.63, 3.8) is 0 Å². The van der Waals surface area contributed by atoms with E-state index >= 15 is 0 Å². The molecule has 1 rings (SSSR count). The van der Waals surface area contributed by atoms with Crippen molar-refractivity contribution in [1.82, 2.24) is 0 Å². The van der Waals surface area contributed by atoms with Crippen LogP contribution in [0.25, 0.3) is 0 Å². The Morgan fingerprint density at radius 2 is 1.71 bits per heavy atom. The smallest absolute Gasteiger partial charge is 0.269 e. The minimum atomic E-state index is -4.56. The van der Waals surface area contributed by atoms with Gasteiger partial charge in [-0.1, -0.05) is 12.0 Å². The molecule has 2 atom stereocenters. The summed E-state index contributed by atoms with van der Waals surface area (Å²) in [5.74, 6) is 5.17. The summed E-state index contributed by atoms with van der Waals surface area (Å²) in [5, 5.41) is -3.11. The monoisotopic (exact) mass is 280 g/mol. The molecule has 0 fully saturated rings. The number of hydrogen-bond donors (Lipinski definition) is 2. The van der Waals surface area contributed by atoms with E-state index in [0.717, 1.165) is 0 Å². The minimum Gasteiger partial charge on any atom is -0.285 e. The molecule has 0 aliphatic heterocycles. The summed E-state index contributed by atoms with van der Waals surface area (Å²) in [6.07, 6.45) is 1.05. The predicted molar refractivity (Wildman–Crippen MR) is 61.4 cm³/mol. The molecule has 8 heteroatoms. The SMILES string of the molecule is CC#CC1=CC[C@H](S(=O)(=O)O)[C@H](S(=O)(=O)O)C1. The largest absolute Gasteiger partial charge is 0.285 e. The maximum absolute atomic E-state index is 11.1. The van der Waals surface area contributed by atoms with Gasteiger partial charge < -0.3 is 0 Å². The standard InChI is InChI=1S/C9H12O6S2/c1-2-3-7-4-5-8(16(10,11)12)9(6-7)17(13,14)15/h4,8-9H,5-6H2,1H3,(H,10,11,12)(H,13,14,15)/t8-,9+/m0/s1. The van der Waals surface area contributed by atoms with Crippen molar-refractivity contribution in [2.45, 2.75) is 30.3 Å². The molecule has 0 radical (unpaired) electrons. The number of allylic oxidation sites excluding steroid dienone is 2. The molecule has 0 aromatic heterocycles. The zero-order valence-electron chi connectivity index (χ0n) is 8.99. The first-order valence-electron chi connectivity index (χ1n) is 4.70. The van der Waals surface area contributed by atoms with Crippen molar-refractivity contribution in [2.24, 2.45) is 0 Å². The van der Waals surface area contributed by atoms with Crippen LogP contribution >= 0.6 is 0 Å². The zero-order chi connectivity index (χ0) is 13.3. The maximum Gasteiger partial charge on any atom is 0.269 e. The van der Waals surface area contributed by atoms with Crippen molar-refractivity contribution < 1.29 is 25.9 Å². The van der Waals surface area contributed by atoms with Crippen LogP contribution in [0, 0.1) is 11.8 Å². The summed E-state index contributed by atoms with van der Waals surface area (Å²) in [4.78, 5) is 0. The summed E-state index contributed by atoms with van der Waals surface area (Å²) in [6, 6.07) is 0. The highest BCUT2D eigenvalue weighted by Gasteiger charge is 2.41. The molecule has 2 N–H and O–H groups in total. The van der Waals surface area contributed by atoms with Crippen LogP contribution in [-0.4, -0.2) is 36.4 Å². The third kappa shape index (κ3) is 3.54. The molecule has 6 nitrogen and oxygen atoms in total. The fourth-order valence-corrected chi connectivity index (χ4v) is 4.26. The Morgan fingerprint density at radius 1 is 1.18 bits per heavy atom. The topological polar surface area (TPSA) is 109 Å². The van der Waals surface area contributed by atoms with E-state index in [0.29, 0.717) is 5.57 Å². The van der Waals surface area contributed by atoms with Gasteiger partial charge in [0.1, 0.15) is 10.5 Å². The van der Waals surface area contributed by atoms with Crippen LogP contribution in [0.4, 0.5) is 0 Å². The summed E-state index contributed by atoms with van der Waals surface area (Å²) in [7, 11) is -9.09.